The van der Waals surface area contributed by atoms with E-state index in [1.807, 2.05) is 31.2 Å². The van der Waals surface area contributed by atoms with Gasteiger partial charge in [-0.2, -0.15) is 0 Å². The monoisotopic (exact) mass is 372 g/mol. The Morgan fingerprint density at radius 2 is 1.85 bits per heavy atom. The molecule has 0 atom stereocenters. The highest BCUT2D eigenvalue weighted by Crippen LogP contribution is 2.20. The predicted octanol–water partition coefficient (Wildman–Crippen LogP) is 4.07. The standard InChI is InChI=1S/C19H15F3N4O/c1-11-3-2-4-12(7-11)8-24-16-10-23-15(9-25-16)19(27)26-14-6-5-13(20)17(21)18(14)22/h2-7,9-10H,8H2,1H3,(H,24,25)(H,26,27). The molecule has 3 aromatic rings. The van der Waals surface area contributed by atoms with Gasteiger partial charge in [0.15, 0.2) is 17.5 Å². The lowest BCUT2D eigenvalue weighted by atomic mass is 10.1. The summed E-state index contributed by atoms with van der Waals surface area (Å²) in [4.78, 5) is 20.1. The lowest BCUT2D eigenvalue weighted by Gasteiger charge is -2.08. The number of hydrogen-bond donors (Lipinski definition) is 2. The van der Waals surface area contributed by atoms with E-state index in [0.29, 0.717) is 12.4 Å². The fourth-order valence-corrected chi connectivity index (χ4v) is 2.36. The molecule has 27 heavy (non-hydrogen) atoms. The van der Waals surface area contributed by atoms with Crippen molar-refractivity contribution in [1.29, 1.82) is 0 Å². The lowest BCUT2D eigenvalue weighted by Crippen LogP contribution is -2.16. The van der Waals surface area contributed by atoms with E-state index >= 15 is 0 Å². The minimum Gasteiger partial charge on any atom is -0.365 e. The minimum absolute atomic E-state index is 0.0970. The van der Waals surface area contributed by atoms with Gasteiger partial charge in [0.1, 0.15) is 11.5 Å². The van der Waals surface area contributed by atoms with Crippen molar-refractivity contribution in [3.8, 4) is 0 Å². The number of carbonyl (C=O) groups is 1. The van der Waals surface area contributed by atoms with Crippen LogP contribution in [0.5, 0.6) is 0 Å². The maximum absolute atomic E-state index is 13.6. The molecule has 0 saturated carbocycles. The fraction of sp³-hybridized carbons (Fsp3) is 0.105. The fourth-order valence-electron chi connectivity index (χ4n) is 2.36. The van der Waals surface area contributed by atoms with E-state index in [4.69, 9.17) is 0 Å². The Bertz CT molecular complexity index is 977. The van der Waals surface area contributed by atoms with Gasteiger partial charge in [-0.3, -0.25) is 4.79 Å². The number of benzene rings is 2. The van der Waals surface area contributed by atoms with Crippen LogP contribution in [0.1, 0.15) is 21.6 Å². The number of aryl methyl sites for hydroxylation is 1. The maximum Gasteiger partial charge on any atom is 0.275 e. The molecule has 0 aliphatic rings. The van der Waals surface area contributed by atoms with Gasteiger partial charge in [-0.25, -0.2) is 23.1 Å². The molecule has 5 nitrogen and oxygen atoms in total. The Balaban J connectivity index is 1.64. The Morgan fingerprint density at radius 1 is 1.04 bits per heavy atom. The van der Waals surface area contributed by atoms with Gasteiger partial charge in [0.2, 0.25) is 0 Å². The topological polar surface area (TPSA) is 66.9 Å². The summed E-state index contributed by atoms with van der Waals surface area (Å²) in [5.74, 6) is -4.82. The number of aromatic nitrogens is 2. The number of carbonyl (C=O) groups excluding carboxylic acids is 1. The second-order valence-electron chi connectivity index (χ2n) is 5.81. The molecule has 1 aromatic heterocycles. The SMILES string of the molecule is Cc1cccc(CNc2cnc(C(=O)Nc3ccc(F)c(F)c3F)cn2)c1. The van der Waals surface area contributed by atoms with Gasteiger partial charge < -0.3 is 10.6 Å². The van der Waals surface area contributed by atoms with Crippen LogP contribution in [0, 0.1) is 24.4 Å². The molecule has 3 rings (SSSR count). The summed E-state index contributed by atoms with van der Waals surface area (Å²) in [7, 11) is 0. The molecular formula is C19H15F3N4O. The Kier molecular flexibility index (Phi) is 5.35. The van der Waals surface area contributed by atoms with Gasteiger partial charge in [-0.1, -0.05) is 29.8 Å². The van der Waals surface area contributed by atoms with Crippen LogP contribution in [0.15, 0.2) is 48.8 Å². The summed E-state index contributed by atoms with van der Waals surface area (Å²) in [6.45, 7) is 2.52. The van der Waals surface area contributed by atoms with E-state index in [0.717, 1.165) is 23.3 Å². The van der Waals surface area contributed by atoms with Gasteiger partial charge >= 0.3 is 0 Å². The highest BCUT2D eigenvalue weighted by Gasteiger charge is 2.16. The first-order valence-electron chi connectivity index (χ1n) is 8.00. The minimum atomic E-state index is -1.66. The quantitative estimate of drug-likeness (QED) is 0.663. The van der Waals surface area contributed by atoms with Gasteiger partial charge in [0.05, 0.1) is 18.1 Å². The van der Waals surface area contributed by atoms with Crippen molar-refractivity contribution in [1.82, 2.24) is 9.97 Å². The number of nitrogens with one attached hydrogen (secondary N) is 2. The van der Waals surface area contributed by atoms with Crippen LogP contribution in [-0.2, 0) is 6.54 Å². The third kappa shape index (κ3) is 4.41. The van der Waals surface area contributed by atoms with Gasteiger partial charge in [-0.15, -0.1) is 0 Å². The highest BCUT2D eigenvalue weighted by molar-refractivity contribution is 6.02. The Morgan fingerprint density at radius 3 is 2.56 bits per heavy atom. The average molecular weight is 372 g/mol. The van der Waals surface area contributed by atoms with Crippen molar-refractivity contribution in [3.05, 3.63) is 83.1 Å². The third-order valence-electron chi connectivity index (χ3n) is 3.72. The maximum atomic E-state index is 13.6. The number of anilines is 2. The summed E-state index contributed by atoms with van der Waals surface area (Å²) in [6, 6.07) is 9.58. The van der Waals surface area contributed by atoms with Gasteiger partial charge in [0, 0.05) is 6.54 Å². The van der Waals surface area contributed by atoms with E-state index in [1.54, 1.807) is 0 Å². The van der Waals surface area contributed by atoms with Crippen LogP contribution in [0.25, 0.3) is 0 Å². The summed E-state index contributed by atoms with van der Waals surface area (Å²) < 4.78 is 39.8. The van der Waals surface area contributed by atoms with Crippen molar-refractivity contribution < 1.29 is 18.0 Å². The zero-order valence-electron chi connectivity index (χ0n) is 14.3. The van der Waals surface area contributed by atoms with Crippen molar-refractivity contribution in [2.75, 3.05) is 10.6 Å². The third-order valence-corrected chi connectivity index (χ3v) is 3.72. The van der Waals surface area contributed by atoms with E-state index in [-0.39, 0.29) is 5.69 Å². The molecule has 0 bridgehead atoms. The van der Waals surface area contributed by atoms with Crippen molar-refractivity contribution in [2.24, 2.45) is 0 Å². The smallest absolute Gasteiger partial charge is 0.275 e. The zero-order chi connectivity index (χ0) is 19.4. The molecule has 138 valence electrons. The molecule has 1 heterocycles. The molecule has 1 amide bonds. The molecule has 0 fully saturated rings. The first kappa shape index (κ1) is 18.4. The van der Waals surface area contributed by atoms with E-state index in [9.17, 15) is 18.0 Å². The molecular weight excluding hydrogens is 357 g/mol. The van der Waals surface area contributed by atoms with Crippen LogP contribution in [-0.4, -0.2) is 15.9 Å². The van der Waals surface area contributed by atoms with E-state index in [1.165, 1.54) is 12.4 Å². The lowest BCUT2D eigenvalue weighted by molar-refractivity contribution is 0.102. The first-order chi connectivity index (χ1) is 12.9. The van der Waals surface area contributed by atoms with Crippen LogP contribution in [0.4, 0.5) is 24.7 Å². The molecule has 0 unspecified atom stereocenters. The molecule has 2 aromatic carbocycles. The number of rotatable bonds is 5. The van der Waals surface area contributed by atoms with E-state index in [2.05, 4.69) is 20.6 Å². The summed E-state index contributed by atoms with van der Waals surface area (Å²) in [5.41, 5.74) is 1.62. The van der Waals surface area contributed by atoms with Crippen LogP contribution >= 0.6 is 0 Å². The van der Waals surface area contributed by atoms with Gasteiger partial charge in [0.25, 0.3) is 5.91 Å². The molecule has 0 radical (unpaired) electrons. The Hall–Kier alpha value is -3.42. The molecule has 0 aliphatic heterocycles. The molecule has 2 N–H and O–H groups in total. The normalized spacial score (nSPS) is 10.5. The summed E-state index contributed by atoms with van der Waals surface area (Å²) in [6.07, 6.45) is 2.55. The average Bonchev–Trinajstić information content (AvgIpc) is 2.67. The summed E-state index contributed by atoms with van der Waals surface area (Å²) in [5, 5.41) is 5.20. The number of halogens is 3. The van der Waals surface area contributed by atoms with Crippen LogP contribution in [0.3, 0.4) is 0 Å². The Labute approximate surface area is 153 Å². The molecule has 0 spiro atoms. The summed E-state index contributed by atoms with van der Waals surface area (Å²) >= 11 is 0. The second kappa shape index (κ2) is 7.86. The number of nitrogens with zero attached hydrogens (tertiary/aromatic N) is 2. The number of amides is 1. The largest absolute Gasteiger partial charge is 0.365 e. The van der Waals surface area contributed by atoms with Crippen molar-refractivity contribution in [2.45, 2.75) is 13.5 Å². The zero-order valence-corrected chi connectivity index (χ0v) is 14.3. The van der Waals surface area contributed by atoms with Crippen molar-refractivity contribution in [3.63, 3.8) is 0 Å². The number of hydrogen-bond acceptors (Lipinski definition) is 4. The molecule has 8 heteroatoms. The van der Waals surface area contributed by atoms with Crippen LogP contribution in [0.2, 0.25) is 0 Å². The van der Waals surface area contributed by atoms with E-state index < -0.39 is 29.0 Å². The molecule has 0 aliphatic carbocycles. The van der Waals surface area contributed by atoms with Crippen molar-refractivity contribution >= 4 is 17.4 Å². The predicted molar refractivity (Wildman–Crippen MR) is 94.8 cm³/mol. The highest BCUT2D eigenvalue weighted by atomic mass is 19.2. The van der Waals surface area contributed by atoms with Crippen LogP contribution < -0.4 is 10.6 Å². The first-order valence-corrected chi connectivity index (χ1v) is 8.00. The van der Waals surface area contributed by atoms with Gasteiger partial charge in [-0.05, 0) is 24.6 Å². The second-order valence-corrected chi connectivity index (χ2v) is 5.81. The molecule has 0 saturated heterocycles.